The Bertz CT molecular complexity index is 441. The highest BCUT2D eigenvalue weighted by Crippen LogP contribution is 2.17. The fourth-order valence-electron chi connectivity index (χ4n) is 1.59. The van der Waals surface area contributed by atoms with Crippen molar-refractivity contribution in [2.75, 3.05) is 0 Å². The van der Waals surface area contributed by atoms with E-state index in [2.05, 4.69) is 5.32 Å². The van der Waals surface area contributed by atoms with Crippen molar-refractivity contribution in [1.29, 1.82) is 0 Å². The van der Waals surface area contributed by atoms with Crippen LogP contribution in [0, 0.1) is 0 Å². The quantitative estimate of drug-likeness (QED) is 0.736. The second kappa shape index (κ2) is 5.53. The first-order chi connectivity index (χ1) is 8.37. The average Bonchev–Trinajstić information content (AvgIpc) is 2.31. The van der Waals surface area contributed by atoms with Crippen LogP contribution in [0.5, 0.6) is 5.75 Å². The number of carbonyl (C=O) groups excluding carboxylic acids is 1. The van der Waals surface area contributed by atoms with Gasteiger partial charge in [-0.3, -0.25) is 4.79 Å². The van der Waals surface area contributed by atoms with Crippen LogP contribution >= 0.6 is 0 Å². The van der Waals surface area contributed by atoms with Crippen LogP contribution in [0.25, 0.3) is 0 Å². The Morgan fingerprint density at radius 2 is 1.83 bits per heavy atom. The van der Waals surface area contributed by atoms with E-state index in [1.54, 1.807) is 19.1 Å². The summed E-state index contributed by atoms with van der Waals surface area (Å²) in [5.74, 6) is -1.27. The standard InChI is InChI=1S/C13H17NO4/c1-3-11(16)14-13(2,12(17)18)8-9-4-6-10(15)7-5-9/h4-7,15H,3,8H2,1-2H3,(H,14,16)(H,17,18)/t13-/m1/s1. The van der Waals surface area contributed by atoms with Crippen LogP contribution in [-0.4, -0.2) is 27.6 Å². The Balaban J connectivity index is 2.89. The summed E-state index contributed by atoms with van der Waals surface area (Å²) in [6, 6.07) is 6.24. The van der Waals surface area contributed by atoms with Gasteiger partial charge in [-0.2, -0.15) is 0 Å². The van der Waals surface area contributed by atoms with Crippen molar-refractivity contribution in [2.45, 2.75) is 32.2 Å². The molecule has 0 spiro atoms. The SMILES string of the molecule is CCC(=O)N[C@](C)(Cc1ccc(O)cc1)C(=O)O. The number of carboxylic acid groups (broad SMARTS) is 1. The number of aliphatic carboxylic acids is 1. The van der Waals surface area contributed by atoms with Crippen molar-refractivity contribution in [1.82, 2.24) is 5.32 Å². The number of benzene rings is 1. The number of carboxylic acids is 1. The largest absolute Gasteiger partial charge is 0.508 e. The minimum absolute atomic E-state index is 0.119. The van der Waals surface area contributed by atoms with Crippen LogP contribution in [0.1, 0.15) is 25.8 Å². The summed E-state index contributed by atoms with van der Waals surface area (Å²) in [6.45, 7) is 3.13. The molecular weight excluding hydrogens is 234 g/mol. The highest BCUT2D eigenvalue weighted by atomic mass is 16.4. The third-order valence-electron chi connectivity index (χ3n) is 2.70. The van der Waals surface area contributed by atoms with Gasteiger partial charge in [-0.15, -0.1) is 0 Å². The number of aromatic hydroxyl groups is 1. The molecule has 0 aliphatic carbocycles. The van der Waals surface area contributed by atoms with Crippen molar-refractivity contribution >= 4 is 11.9 Å². The van der Waals surface area contributed by atoms with Gasteiger partial charge in [0.05, 0.1) is 0 Å². The van der Waals surface area contributed by atoms with Gasteiger partial charge in [0.25, 0.3) is 0 Å². The van der Waals surface area contributed by atoms with Crippen LogP contribution < -0.4 is 5.32 Å². The molecular formula is C13H17NO4. The smallest absolute Gasteiger partial charge is 0.329 e. The normalized spacial score (nSPS) is 13.7. The van der Waals surface area contributed by atoms with Crippen LogP contribution in [0.3, 0.4) is 0 Å². The van der Waals surface area contributed by atoms with E-state index in [1.165, 1.54) is 19.1 Å². The number of phenols is 1. The summed E-state index contributed by atoms with van der Waals surface area (Å²) in [7, 11) is 0. The first kappa shape index (κ1) is 14.0. The van der Waals surface area contributed by atoms with Gasteiger partial charge in [0, 0.05) is 12.8 Å². The zero-order chi connectivity index (χ0) is 13.8. The molecule has 1 aromatic rings. The Morgan fingerprint density at radius 1 is 1.28 bits per heavy atom. The topological polar surface area (TPSA) is 86.6 Å². The number of phenolic OH excluding ortho intramolecular Hbond substituents is 1. The monoisotopic (exact) mass is 251 g/mol. The maximum absolute atomic E-state index is 11.4. The number of nitrogens with one attached hydrogen (secondary N) is 1. The molecule has 0 bridgehead atoms. The Morgan fingerprint density at radius 3 is 2.28 bits per heavy atom. The molecule has 5 heteroatoms. The number of hydrogen-bond acceptors (Lipinski definition) is 3. The lowest BCUT2D eigenvalue weighted by Crippen LogP contribution is -2.53. The molecule has 0 unspecified atom stereocenters. The predicted octanol–water partition coefficient (Wildman–Crippen LogP) is 1.30. The molecule has 1 amide bonds. The van der Waals surface area contributed by atoms with E-state index in [1.807, 2.05) is 0 Å². The van der Waals surface area contributed by atoms with Crippen molar-refractivity contribution in [3.05, 3.63) is 29.8 Å². The summed E-state index contributed by atoms with van der Waals surface area (Å²) in [5, 5.41) is 20.9. The number of rotatable bonds is 5. The molecule has 3 N–H and O–H groups in total. The first-order valence-corrected chi connectivity index (χ1v) is 5.69. The van der Waals surface area contributed by atoms with Gasteiger partial charge in [-0.05, 0) is 24.6 Å². The second-order valence-electron chi connectivity index (χ2n) is 4.38. The summed E-state index contributed by atoms with van der Waals surface area (Å²) in [5.41, 5.74) is -0.613. The summed E-state index contributed by atoms with van der Waals surface area (Å²) in [4.78, 5) is 22.6. The summed E-state index contributed by atoms with van der Waals surface area (Å²) < 4.78 is 0. The molecule has 1 atom stereocenters. The molecule has 0 fully saturated rings. The third kappa shape index (κ3) is 3.48. The van der Waals surface area contributed by atoms with Gasteiger partial charge in [0.1, 0.15) is 11.3 Å². The maximum atomic E-state index is 11.4. The molecule has 0 aliphatic heterocycles. The lowest BCUT2D eigenvalue weighted by atomic mass is 9.92. The van der Waals surface area contributed by atoms with Gasteiger partial charge >= 0.3 is 5.97 Å². The van der Waals surface area contributed by atoms with Crippen molar-refractivity contribution in [3.8, 4) is 5.75 Å². The first-order valence-electron chi connectivity index (χ1n) is 5.69. The van der Waals surface area contributed by atoms with E-state index in [-0.39, 0.29) is 24.5 Å². The van der Waals surface area contributed by atoms with E-state index in [9.17, 15) is 14.7 Å². The zero-order valence-electron chi connectivity index (χ0n) is 10.4. The molecule has 98 valence electrons. The van der Waals surface area contributed by atoms with Gasteiger partial charge < -0.3 is 15.5 Å². The zero-order valence-corrected chi connectivity index (χ0v) is 10.4. The number of amides is 1. The number of carbonyl (C=O) groups is 2. The highest BCUT2D eigenvalue weighted by Gasteiger charge is 2.34. The minimum atomic E-state index is -1.34. The van der Waals surface area contributed by atoms with Crippen LogP contribution in [0.2, 0.25) is 0 Å². The fourth-order valence-corrected chi connectivity index (χ4v) is 1.59. The lowest BCUT2D eigenvalue weighted by Gasteiger charge is -2.26. The van der Waals surface area contributed by atoms with Crippen LogP contribution in [0.4, 0.5) is 0 Å². The van der Waals surface area contributed by atoms with Crippen molar-refractivity contribution in [3.63, 3.8) is 0 Å². The molecule has 0 aromatic heterocycles. The van der Waals surface area contributed by atoms with E-state index >= 15 is 0 Å². The third-order valence-corrected chi connectivity index (χ3v) is 2.70. The van der Waals surface area contributed by atoms with Crippen LogP contribution in [-0.2, 0) is 16.0 Å². The average molecular weight is 251 g/mol. The van der Waals surface area contributed by atoms with Crippen LogP contribution in [0.15, 0.2) is 24.3 Å². The summed E-state index contributed by atoms with van der Waals surface area (Å²) in [6.07, 6.45) is 0.396. The molecule has 5 nitrogen and oxygen atoms in total. The van der Waals surface area contributed by atoms with E-state index < -0.39 is 11.5 Å². The molecule has 18 heavy (non-hydrogen) atoms. The van der Waals surface area contributed by atoms with E-state index in [0.29, 0.717) is 0 Å². The predicted molar refractivity (Wildman–Crippen MR) is 66.3 cm³/mol. The molecule has 0 saturated carbocycles. The second-order valence-corrected chi connectivity index (χ2v) is 4.38. The molecule has 1 aromatic carbocycles. The number of hydrogen-bond donors (Lipinski definition) is 3. The fraction of sp³-hybridized carbons (Fsp3) is 0.385. The Labute approximate surface area is 105 Å². The van der Waals surface area contributed by atoms with Crippen molar-refractivity contribution in [2.24, 2.45) is 0 Å². The Kier molecular flexibility index (Phi) is 4.31. The molecule has 0 radical (unpaired) electrons. The van der Waals surface area contributed by atoms with E-state index in [4.69, 9.17) is 5.11 Å². The minimum Gasteiger partial charge on any atom is -0.508 e. The summed E-state index contributed by atoms with van der Waals surface area (Å²) >= 11 is 0. The van der Waals surface area contributed by atoms with Crippen molar-refractivity contribution < 1.29 is 19.8 Å². The van der Waals surface area contributed by atoms with Gasteiger partial charge in [0.15, 0.2) is 0 Å². The van der Waals surface area contributed by atoms with E-state index in [0.717, 1.165) is 5.56 Å². The lowest BCUT2D eigenvalue weighted by molar-refractivity contribution is -0.146. The molecule has 0 heterocycles. The molecule has 1 rings (SSSR count). The van der Waals surface area contributed by atoms with Gasteiger partial charge in [0.2, 0.25) is 5.91 Å². The van der Waals surface area contributed by atoms with Gasteiger partial charge in [-0.25, -0.2) is 4.79 Å². The molecule has 0 aliphatic rings. The molecule has 0 saturated heterocycles. The highest BCUT2D eigenvalue weighted by molar-refractivity contribution is 5.86. The van der Waals surface area contributed by atoms with Gasteiger partial charge in [-0.1, -0.05) is 19.1 Å². The Hall–Kier alpha value is -2.04. The maximum Gasteiger partial charge on any atom is 0.329 e.